The van der Waals surface area contributed by atoms with Crippen molar-refractivity contribution in [2.45, 2.75) is 4.90 Å². The molecule has 3 aromatic carbocycles. The fraction of sp³-hybridized carbons (Fsp3) is 0.0476. The topological polar surface area (TPSA) is 91.9 Å². The van der Waals surface area contributed by atoms with Crippen molar-refractivity contribution < 1.29 is 13.2 Å². The van der Waals surface area contributed by atoms with Gasteiger partial charge in [-0.3, -0.25) is 4.79 Å². The molecular formula is C21H17N3O3S. The lowest BCUT2D eigenvalue weighted by atomic mass is 10.1. The van der Waals surface area contributed by atoms with Crippen LogP contribution in [0.3, 0.4) is 0 Å². The van der Waals surface area contributed by atoms with Gasteiger partial charge < -0.3 is 10.3 Å². The first kappa shape index (κ1) is 17.9. The fourth-order valence-electron chi connectivity index (χ4n) is 2.95. The SMILES string of the molecule is O=C(CS(=O)(=O)c1ccccc1)Nc1ccccc1-c1nc2ccccc2[nH]1. The molecule has 0 atom stereocenters. The lowest BCUT2D eigenvalue weighted by Crippen LogP contribution is -2.23. The summed E-state index contributed by atoms with van der Waals surface area (Å²) >= 11 is 0. The van der Waals surface area contributed by atoms with Gasteiger partial charge in [0.15, 0.2) is 9.84 Å². The molecule has 4 rings (SSSR count). The third-order valence-electron chi connectivity index (χ3n) is 4.27. The van der Waals surface area contributed by atoms with Crippen molar-refractivity contribution in [3.63, 3.8) is 0 Å². The third-order valence-corrected chi connectivity index (χ3v) is 5.90. The quantitative estimate of drug-likeness (QED) is 0.543. The van der Waals surface area contributed by atoms with E-state index in [1.807, 2.05) is 36.4 Å². The Kier molecular flexibility index (Phi) is 4.67. The van der Waals surface area contributed by atoms with E-state index >= 15 is 0 Å². The highest BCUT2D eigenvalue weighted by molar-refractivity contribution is 7.92. The van der Waals surface area contributed by atoms with Gasteiger partial charge >= 0.3 is 0 Å². The number of carbonyl (C=O) groups is 1. The van der Waals surface area contributed by atoms with Gasteiger partial charge in [0.1, 0.15) is 11.6 Å². The Labute approximate surface area is 162 Å². The van der Waals surface area contributed by atoms with Crippen LogP contribution in [0.5, 0.6) is 0 Å². The fourth-order valence-corrected chi connectivity index (χ4v) is 4.10. The Bertz CT molecular complexity index is 1220. The molecule has 0 fully saturated rings. The molecule has 0 aliphatic rings. The average molecular weight is 391 g/mol. The average Bonchev–Trinajstić information content (AvgIpc) is 3.12. The molecule has 0 aliphatic carbocycles. The Morgan fingerprint density at radius 3 is 2.36 bits per heavy atom. The molecule has 0 saturated carbocycles. The molecule has 0 saturated heterocycles. The molecule has 7 heteroatoms. The lowest BCUT2D eigenvalue weighted by molar-refractivity contribution is -0.113. The number of H-pyrrole nitrogens is 1. The number of carbonyl (C=O) groups excluding carboxylic acids is 1. The highest BCUT2D eigenvalue weighted by Gasteiger charge is 2.20. The van der Waals surface area contributed by atoms with Gasteiger partial charge in [-0.25, -0.2) is 13.4 Å². The van der Waals surface area contributed by atoms with Gasteiger partial charge in [-0.15, -0.1) is 0 Å². The number of sulfone groups is 1. The van der Waals surface area contributed by atoms with Crippen LogP contribution in [0.4, 0.5) is 5.69 Å². The van der Waals surface area contributed by atoms with Crippen molar-refractivity contribution in [3.8, 4) is 11.4 Å². The summed E-state index contributed by atoms with van der Waals surface area (Å²) < 4.78 is 24.9. The molecule has 1 aromatic heterocycles. The third kappa shape index (κ3) is 3.65. The number of aromatic amines is 1. The minimum atomic E-state index is -3.71. The number of aromatic nitrogens is 2. The zero-order chi connectivity index (χ0) is 19.6. The number of amides is 1. The van der Waals surface area contributed by atoms with Crippen LogP contribution in [0.1, 0.15) is 0 Å². The van der Waals surface area contributed by atoms with E-state index in [-0.39, 0.29) is 4.90 Å². The maximum Gasteiger partial charge on any atom is 0.239 e. The zero-order valence-corrected chi connectivity index (χ0v) is 15.6. The zero-order valence-electron chi connectivity index (χ0n) is 14.8. The van der Waals surface area contributed by atoms with Gasteiger partial charge in [-0.2, -0.15) is 0 Å². The molecule has 1 amide bonds. The predicted molar refractivity (Wildman–Crippen MR) is 109 cm³/mol. The normalized spacial score (nSPS) is 11.4. The van der Waals surface area contributed by atoms with E-state index in [2.05, 4.69) is 15.3 Å². The second-order valence-corrected chi connectivity index (χ2v) is 8.26. The minimum Gasteiger partial charge on any atom is -0.338 e. The summed E-state index contributed by atoms with van der Waals surface area (Å²) in [7, 11) is -3.71. The summed E-state index contributed by atoms with van der Waals surface area (Å²) in [4.78, 5) is 20.3. The van der Waals surface area contributed by atoms with E-state index in [9.17, 15) is 13.2 Å². The summed E-state index contributed by atoms with van der Waals surface area (Å²) in [6, 6.07) is 22.7. The van der Waals surface area contributed by atoms with Crippen molar-refractivity contribution in [1.29, 1.82) is 0 Å². The molecule has 4 aromatic rings. The van der Waals surface area contributed by atoms with Crippen LogP contribution in [0, 0.1) is 0 Å². The summed E-state index contributed by atoms with van der Waals surface area (Å²) in [6.07, 6.45) is 0. The van der Waals surface area contributed by atoms with Crippen molar-refractivity contribution in [2.24, 2.45) is 0 Å². The number of imidazole rings is 1. The maximum atomic E-state index is 12.4. The predicted octanol–water partition coefficient (Wildman–Crippen LogP) is 3.64. The monoisotopic (exact) mass is 391 g/mol. The van der Waals surface area contributed by atoms with Gasteiger partial charge in [-0.1, -0.05) is 42.5 Å². The van der Waals surface area contributed by atoms with Crippen molar-refractivity contribution in [2.75, 3.05) is 11.1 Å². The maximum absolute atomic E-state index is 12.4. The van der Waals surface area contributed by atoms with Crippen molar-refractivity contribution in [3.05, 3.63) is 78.9 Å². The van der Waals surface area contributed by atoms with Crippen LogP contribution in [-0.2, 0) is 14.6 Å². The van der Waals surface area contributed by atoms with Gasteiger partial charge in [0.25, 0.3) is 0 Å². The molecule has 0 unspecified atom stereocenters. The molecule has 2 N–H and O–H groups in total. The number of benzene rings is 3. The number of nitrogens with one attached hydrogen (secondary N) is 2. The van der Waals surface area contributed by atoms with Crippen LogP contribution >= 0.6 is 0 Å². The summed E-state index contributed by atoms with van der Waals surface area (Å²) in [6.45, 7) is 0. The molecule has 0 bridgehead atoms. The molecule has 1 heterocycles. The minimum absolute atomic E-state index is 0.121. The van der Waals surface area contributed by atoms with Gasteiger partial charge in [0.05, 0.1) is 21.6 Å². The van der Waals surface area contributed by atoms with Crippen molar-refractivity contribution in [1.82, 2.24) is 9.97 Å². The van der Waals surface area contributed by atoms with Gasteiger partial charge in [-0.05, 0) is 36.4 Å². The Morgan fingerprint density at radius 2 is 1.57 bits per heavy atom. The van der Waals surface area contributed by atoms with Crippen LogP contribution in [0.15, 0.2) is 83.8 Å². The Hall–Kier alpha value is -3.45. The Morgan fingerprint density at radius 1 is 0.893 bits per heavy atom. The van der Waals surface area contributed by atoms with Gasteiger partial charge in [0, 0.05) is 5.56 Å². The Balaban J connectivity index is 1.60. The van der Waals surface area contributed by atoms with E-state index in [0.717, 1.165) is 11.0 Å². The molecule has 28 heavy (non-hydrogen) atoms. The summed E-state index contributed by atoms with van der Waals surface area (Å²) in [5.41, 5.74) is 2.87. The van der Waals surface area contributed by atoms with E-state index < -0.39 is 21.5 Å². The molecular weight excluding hydrogens is 374 g/mol. The first-order chi connectivity index (χ1) is 13.5. The lowest BCUT2D eigenvalue weighted by Gasteiger charge is -2.10. The first-order valence-corrected chi connectivity index (χ1v) is 10.3. The van der Waals surface area contributed by atoms with E-state index in [1.165, 1.54) is 12.1 Å². The van der Waals surface area contributed by atoms with Crippen LogP contribution in [-0.4, -0.2) is 30.0 Å². The first-order valence-electron chi connectivity index (χ1n) is 8.65. The van der Waals surface area contributed by atoms with E-state index in [0.29, 0.717) is 17.1 Å². The number of fused-ring (bicyclic) bond motifs is 1. The van der Waals surface area contributed by atoms with E-state index in [1.54, 1.807) is 30.3 Å². The molecule has 0 aliphatic heterocycles. The smallest absolute Gasteiger partial charge is 0.239 e. The van der Waals surface area contributed by atoms with Gasteiger partial charge in [0.2, 0.25) is 5.91 Å². The number of hydrogen-bond donors (Lipinski definition) is 2. The molecule has 0 radical (unpaired) electrons. The number of nitrogens with zero attached hydrogens (tertiary/aromatic N) is 1. The number of anilines is 1. The summed E-state index contributed by atoms with van der Waals surface area (Å²) in [5.74, 6) is -0.638. The molecule has 6 nitrogen and oxygen atoms in total. The van der Waals surface area contributed by atoms with Crippen LogP contribution in [0.25, 0.3) is 22.4 Å². The van der Waals surface area contributed by atoms with Crippen molar-refractivity contribution >= 4 is 32.5 Å². The summed E-state index contributed by atoms with van der Waals surface area (Å²) in [5, 5.41) is 2.70. The van der Waals surface area contributed by atoms with Crippen LogP contribution in [0.2, 0.25) is 0 Å². The second-order valence-electron chi connectivity index (χ2n) is 6.27. The standard InChI is InChI=1S/C21H17N3O3S/c25-20(14-28(26,27)15-8-2-1-3-9-15)22-17-11-5-4-10-16(17)21-23-18-12-6-7-13-19(18)24-21/h1-13H,14H2,(H,22,25)(H,23,24). The van der Waals surface area contributed by atoms with E-state index in [4.69, 9.17) is 0 Å². The largest absolute Gasteiger partial charge is 0.338 e. The highest BCUT2D eigenvalue weighted by atomic mass is 32.2. The number of rotatable bonds is 5. The number of hydrogen-bond acceptors (Lipinski definition) is 4. The second kappa shape index (κ2) is 7.28. The number of para-hydroxylation sites is 3. The molecule has 0 spiro atoms. The van der Waals surface area contributed by atoms with Crippen LogP contribution < -0.4 is 5.32 Å². The highest BCUT2D eigenvalue weighted by Crippen LogP contribution is 2.27. The molecule has 140 valence electrons.